The van der Waals surface area contributed by atoms with Gasteiger partial charge in [-0.05, 0) is 51.5 Å². The first-order valence-corrected chi connectivity index (χ1v) is 15.5. The van der Waals surface area contributed by atoms with E-state index in [-0.39, 0.29) is 45.1 Å². The van der Waals surface area contributed by atoms with Crippen LogP contribution in [0.1, 0.15) is 64.0 Å². The minimum Gasteiger partial charge on any atom is -0.481 e. The highest BCUT2D eigenvalue weighted by Gasteiger charge is 2.33. The first kappa shape index (κ1) is 42.3. The van der Waals surface area contributed by atoms with Crippen LogP contribution < -0.4 is 43.8 Å². The molecule has 16 N–H and O–H groups in total. The molecule has 0 aliphatic carbocycles. The van der Waals surface area contributed by atoms with Gasteiger partial charge in [-0.1, -0.05) is 0 Å². The summed E-state index contributed by atoms with van der Waals surface area (Å²) < 4.78 is 0. The molecule has 1 aromatic rings. The summed E-state index contributed by atoms with van der Waals surface area (Å²) in [7, 11) is 0. The van der Waals surface area contributed by atoms with Crippen molar-refractivity contribution < 1.29 is 54.0 Å². The number of nitrogens with one attached hydrogen (secondary N) is 6. The zero-order valence-electron chi connectivity index (χ0n) is 27.1. The van der Waals surface area contributed by atoms with E-state index in [1.165, 1.54) is 12.5 Å². The summed E-state index contributed by atoms with van der Waals surface area (Å²) in [4.78, 5) is 94.5. The Morgan fingerprint density at radius 1 is 0.714 bits per heavy atom. The highest BCUT2D eigenvalue weighted by Crippen LogP contribution is 2.09. The number of H-pyrrole nitrogens is 1. The molecule has 0 saturated carbocycles. The number of hydrogen-bond donors (Lipinski definition) is 13. The van der Waals surface area contributed by atoms with Crippen molar-refractivity contribution in [1.29, 1.82) is 0 Å². The van der Waals surface area contributed by atoms with Crippen molar-refractivity contribution >= 4 is 41.5 Å². The number of rotatable bonds is 24. The number of aromatic nitrogens is 2. The van der Waals surface area contributed by atoms with E-state index in [2.05, 4.69) is 36.6 Å². The molecular weight excluding hydrogens is 652 g/mol. The second-order valence-electron chi connectivity index (χ2n) is 11.3. The van der Waals surface area contributed by atoms with Crippen LogP contribution in [0.3, 0.4) is 0 Å². The summed E-state index contributed by atoms with van der Waals surface area (Å²) in [6.07, 6.45) is -0.937. The molecule has 0 aromatic carbocycles. The van der Waals surface area contributed by atoms with Gasteiger partial charge in [0.1, 0.15) is 42.7 Å². The number of aliphatic hydroxyl groups is 2. The molecule has 7 atom stereocenters. The maximum atomic E-state index is 13.6. The van der Waals surface area contributed by atoms with Gasteiger partial charge < -0.3 is 69.2 Å². The highest BCUT2D eigenvalue weighted by molar-refractivity contribution is 5.96. The normalized spacial score (nSPS) is 15.3. The first-order valence-electron chi connectivity index (χ1n) is 15.5. The minimum absolute atomic E-state index is 0.0198. The number of aliphatic hydroxyl groups excluding tert-OH is 2. The summed E-state index contributed by atoms with van der Waals surface area (Å²) in [5.41, 5.74) is 16.7. The van der Waals surface area contributed by atoms with E-state index < -0.39 is 90.6 Å². The first-order chi connectivity index (χ1) is 23.0. The Morgan fingerprint density at radius 3 is 1.61 bits per heavy atom. The number of nitrogens with two attached hydrogens (primary N) is 3. The van der Waals surface area contributed by atoms with Crippen LogP contribution in [0.25, 0.3) is 0 Å². The molecule has 0 fully saturated rings. The van der Waals surface area contributed by atoms with Crippen LogP contribution in [-0.4, -0.2) is 121 Å². The third kappa shape index (κ3) is 17.3. The monoisotopic (exact) mass is 700 g/mol. The smallest absolute Gasteiger partial charge is 0.326 e. The Kier molecular flexibility index (Phi) is 19.0. The molecule has 0 saturated heterocycles. The topological polar surface area (TPSA) is 367 Å². The predicted octanol–water partition coefficient (Wildman–Crippen LogP) is -4.80. The van der Waals surface area contributed by atoms with E-state index in [9.17, 15) is 48.9 Å². The summed E-state index contributed by atoms with van der Waals surface area (Å²) in [5.74, 6) is -7.30. The minimum atomic E-state index is -1.80. The van der Waals surface area contributed by atoms with Crippen molar-refractivity contribution in [2.45, 2.75) is 107 Å². The van der Waals surface area contributed by atoms with E-state index in [1.807, 2.05) is 0 Å². The van der Waals surface area contributed by atoms with Crippen molar-refractivity contribution in [3.8, 4) is 0 Å². The Hall–Kier alpha value is -4.70. The van der Waals surface area contributed by atoms with Crippen molar-refractivity contribution in [2.75, 3.05) is 6.54 Å². The molecule has 5 amide bonds. The van der Waals surface area contributed by atoms with Gasteiger partial charge in [-0.25, -0.2) is 9.78 Å². The lowest BCUT2D eigenvalue weighted by atomic mass is 10.0. The molecule has 0 aliphatic rings. The third-order valence-corrected chi connectivity index (χ3v) is 7.01. The van der Waals surface area contributed by atoms with Crippen molar-refractivity contribution in [3.63, 3.8) is 0 Å². The molecule has 0 aliphatic heterocycles. The fourth-order valence-electron chi connectivity index (χ4n) is 4.51. The number of unbranched alkanes of at least 4 members (excludes halogenated alkanes) is 1. The van der Waals surface area contributed by atoms with Crippen LogP contribution in [0.4, 0.5) is 0 Å². The molecule has 1 heterocycles. The van der Waals surface area contributed by atoms with Crippen LogP contribution in [0.15, 0.2) is 12.5 Å². The second kappa shape index (κ2) is 22.0. The standard InChI is InChI=1S/C28H48N10O11/c1-14(39)34-17(5-7-21(30)40)25(45)36-18(6-8-22(31)41)26(46)37-19(10-15-12-32-13-33-15)27(47)35-16(4-2-3-9-29)24(44)38-20(28(48)49)11-23(42)43/h12-13,16-22,40-41H,2-11,29-31H2,1H3,(H,32,33)(H,34,39)(H,35,47)(H,36,45)(H,37,46)(H,38,44)(H,42,43)(H,48,49)/t16-,17+,18-,19+,20+,21?,22?/m1/s1. The van der Waals surface area contributed by atoms with E-state index in [0.29, 0.717) is 18.5 Å². The number of carbonyl (C=O) groups excluding carboxylic acids is 5. The molecule has 0 radical (unpaired) electrons. The van der Waals surface area contributed by atoms with E-state index in [4.69, 9.17) is 22.3 Å². The summed E-state index contributed by atoms with van der Waals surface area (Å²) in [5, 5.41) is 49.5. The SMILES string of the molecule is CC(=O)N[C@@H](CCC(N)O)C(=O)N[C@H](CCC(N)O)C(=O)N[C@@H](Cc1cnc[nH]1)C(=O)N[C@H](CCCCN)C(=O)N[C@@H](CC(=O)O)C(=O)O. The van der Waals surface area contributed by atoms with Gasteiger partial charge in [-0.2, -0.15) is 0 Å². The van der Waals surface area contributed by atoms with Gasteiger partial charge in [0.05, 0.1) is 12.7 Å². The van der Waals surface area contributed by atoms with Crippen LogP contribution in [0.5, 0.6) is 0 Å². The summed E-state index contributed by atoms with van der Waals surface area (Å²) in [6.45, 7) is 1.40. The number of aliphatic carboxylic acids is 2. The Balaban J connectivity index is 3.32. The lowest BCUT2D eigenvalue weighted by molar-refractivity contribution is -0.147. The average molecular weight is 701 g/mol. The fourth-order valence-corrected chi connectivity index (χ4v) is 4.51. The Labute approximate surface area is 281 Å². The zero-order valence-corrected chi connectivity index (χ0v) is 27.1. The molecule has 21 nitrogen and oxygen atoms in total. The second-order valence-corrected chi connectivity index (χ2v) is 11.3. The molecule has 21 heteroatoms. The highest BCUT2D eigenvalue weighted by atomic mass is 16.4. The number of carbonyl (C=O) groups is 7. The van der Waals surface area contributed by atoms with Gasteiger partial charge in [0.15, 0.2) is 0 Å². The molecular formula is C28H48N10O11. The molecule has 1 aromatic heterocycles. The largest absolute Gasteiger partial charge is 0.481 e. The van der Waals surface area contributed by atoms with Gasteiger partial charge in [-0.15, -0.1) is 0 Å². The molecule has 49 heavy (non-hydrogen) atoms. The number of amides is 5. The van der Waals surface area contributed by atoms with Crippen molar-refractivity contribution in [3.05, 3.63) is 18.2 Å². The molecule has 1 rings (SSSR count). The van der Waals surface area contributed by atoms with Crippen LogP contribution in [0, 0.1) is 0 Å². The lowest BCUT2D eigenvalue weighted by Gasteiger charge is -2.27. The average Bonchev–Trinajstić information content (AvgIpc) is 3.52. The molecule has 276 valence electrons. The van der Waals surface area contributed by atoms with Gasteiger partial charge >= 0.3 is 11.9 Å². The van der Waals surface area contributed by atoms with Crippen LogP contribution in [0.2, 0.25) is 0 Å². The predicted molar refractivity (Wildman–Crippen MR) is 169 cm³/mol. The van der Waals surface area contributed by atoms with Crippen molar-refractivity contribution in [1.82, 2.24) is 36.6 Å². The quantitative estimate of drug-likeness (QED) is 0.0355. The number of imidazole rings is 1. The van der Waals surface area contributed by atoms with E-state index in [0.717, 1.165) is 6.92 Å². The maximum Gasteiger partial charge on any atom is 0.326 e. The number of carboxylic acids is 2. The van der Waals surface area contributed by atoms with Gasteiger partial charge in [0.25, 0.3) is 0 Å². The van der Waals surface area contributed by atoms with Gasteiger partial charge in [-0.3, -0.25) is 28.8 Å². The zero-order chi connectivity index (χ0) is 37.1. The lowest BCUT2D eigenvalue weighted by Crippen LogP contribution is -2.59. The van der Waals surface area contributed by atoms with Crippen molar-refractivity contribution in [2.24, 2.45) is 17.2 Å². The molecule has 0 bridgehead atoms. The Bertz CT molecular complexity index is 1250. The van der Waals surface area contributed by atoms with Crippen LogP contribution in [-0.2, 0) is 40.0 Å². The summed E-state index contributed by atoms with van der Waals surface area (Å²) in [6, 6.07) is -7.20. The van der Waals surface area contributed by atoms with E-state index in [1.54, 1.807) is 0 Å². The molecule has 0 spiro atoms. The third-order valence-electron chi connectivity index (χ3n) is 7.01. The van der Waals surface area contributed by atoms with Gasteiger partial charge in [0.2, 0.25) is 29.5 Å². The maximum absolute atomic E-state index is 13.6. The number of hydrogen-bond acceptors (Lipinski definition) is 13. The summed E-state index contributed by atoms with van der Waals surface area (Å²) >= 11 is 0. The van der Waals surface area contributed by atoms with Crippen LogP contribution >= 0.6 is 0 Å². The molecule has 2 unspecified atom stereocenters. The fraction of sp³-hybridized carbons (Fsp3) is 0.643. The number of nitrogens with zero attached hydrogens (tertiary/aromatic N) is 1. The number of carboxylic acid groups (broad SMARTS) is 2. The number of aromatic amines is 1. The Morgan fingerprint density at radius 2 is 1.18 bits per heavy atom. The van der Waals surface area contributed by atoms with E-state index >= 15 is 0 Å². The van der Waals surface area contributed by atoms with Gasteiger partial charge in [0, 0.05) is 25.2 Å².